The smallest absolute Gasteiger partial charge is 0.244 e. The van der Waals surface area contributed by atoms with Crippen molar-refractivity contribution in [3.8, 4) is 11.5 Å². The second kappa shape index (κ2) is 7.15. The topological polar surface area (TPSA) is 79.9 Å². The molecule has 3 unspecified atom stereocenters. The van der Waals surface area contributed by atoms with Crippen LogP contribution in [0.25, 0.3) is 0 Å². The van der Waals surface area contributed by atoms with Crippen molar-refractivity contribution >= 4 is 11.8 Å². The predicted molar refractivity (Wildman–Crippen MR) is 95.3 cm³/mol. The molecular weight excluding hydrogens is 334 g/mol. The number of nitrogens with zero attached hydrogens (tertiary/aromatic N) is 1. The summed E-state index contributed by atoms with van der Waals surface area (Å²) in [5, 5.41) is 6.24. The molecule has 4 rings (SSSR count). The Balaban J connectivity index is 1.67. The molecule has 7 heteroatoms. The van der Waals surface area contributed by atoms with Gasteiger partial charge >= 0.3 is 0 Å². The molecule has 1 aromatic rings. The minimum Gasteiger partial charge on any atom is -0.496 e. The number of carbonyl (C=O) groups is 2. The second-order valence-electron chi connectivity index (χ2n) is 7.08. The first-order valence-electron chi connectivity index (χ1n) is 9.32. The monoisotopic (exact) mass is 359 g/mol. The zero-order chi connectivity index (χ0) is 18.1. The molecule has 2 fully saturated rings. The molecule has 0 aromatic heterocycles. The maximum absolute atomic E-state index is 13.1. The van der Waals surface area contributed by atoms with Gasteiger partial charge in [0.2, 0.25) is 11.8 Å². The number of ether oxygens (including phenoxy) is 2. The summed E-state index contributed by atoms with van der Waals surface area (Å²) in [6.07, 6.45) is 2.76. The Labute approximate surface area is 153 Å². The number of benzene rings is 1. The number of rotatable bonds is 1. The fourth-order valence-electron chi connectivity index (χ4n) is 4.17. The summed E-state index contributed by atoms with van der Waals surface area (Å²) >= 11 is 0. The third-order valence-corrected chi connectivity index (χ3v) is 5.50. The highest BCUT2D eigenvalue weighted by molar-refractivity contribution is 5.91. The Hall–Kier alpha value is -2.28. The van der Waals surface area contributed by atoms with Crippen molar-refractivity contribution in [3.63, 3.8) is 0 Å². The standard InChI is InChI=1S/C19H25N3O4/c1-25-15-5-4-13-11-12(15)6-8-21-18(23)14-3-2-10-22(14)19(24)17-16(26-13)7-9-20-17/h4-5,11,14,16-17,20H,2-3,6-10H2,1H3,(H,21,23). The molecule has 0 radical (unpaired) electrons. The summed E-state index contributed by atoms with van der Waals surface area (Å²) in [5.74, 6) is 1.41. The Morgan fingerprint density at radius 2 is 2.12 bits per heavy atom. The summed E-state index contributed by atoms with van der Waals surface area (Å²) in [4.78, 5) is 27.4. The molecular formula is C19H25N3O4. The van der Waals surface area contributed by atoms with Gasteiger partial charge in [0.25, 0.3) is 0 Å². The van der Waals surface area contributed by atoms with Crippen LogP contribution >= 0.6 is 0 Å². The number of hydrogen-bond acceptors (Lipinski definition) is 5. The highest BCUT2D eigenvalue weighted by atomic mass is 16.5. The van der Waals surface area contributed by atoms with Crippen molar-refractivity contribution < 1.29 is 19.1 Å². The lowest BCUT2D eigenvalue weighted by molar-refractivity contribution is -0.141. The van der Waals surface area contributed by atoms with E-state index in [1.54, 1.807) is 12.0 Å². The Bertz CT molecular complexity index is 708. The summed E-state index contributed by atoms with van der Waals surface area (Å²) in [7, 11) is 1.64. The maximum atomic E-state index is 13.1. The van der Waals surface area contributed by atoms with Crippen molar-refractivity contribution in [1.82, 2.24) is 15.5 Å². The predicted octanol–water partition coefficient (Wildman–Crippen LogP) is 0.468. The molecule has 3 aliphatic rings. The number of nitrogens with one attached hydrogen (secondary N) is 2. The highest BCUT2D eigenvalue weighted by Gasteiger charge is 2.42. The zero-order valence-electron chi connectivity index (χ0n) is 15.0. The molecule has 140 valence electrons. The lowest BCUT2D eigenvalue weighted by atomic mass is 10.1. The fourth-order valence-corrected chi connectivity index (χ4v) is 4.17. The van der Waals surface area contributed by atoms with E-state index in [1.807, 2.05) is 18.2 Å². The maximum Gasteiger partial charge on any atom is 0.244 e. The van der Waals surface area contributed by atoms with E-state index in [2.05, 4.69) is 10.6 Å². The Kier molecular flexibility index (Phi) is 4.72. The van der Waals surface area contributed by atoms with Crippen LogP contribution in [-0.4, -0.2) is 61.6 Å². The van der Waals surface area contributed by atoms with Crippen LogP contribution in [0.3, 0.4) is 0 Å². The van der Waals surface area contributed by atoms with Crippen LogP contribution in [0.1, 0.15) is 24.8 Å². The van der Waals surface area contributed by atoms with Crippen molar-refractivity contribution in [1.29, 1.82) is 0 Å². The first-order valence-corrected chi connectivity index (χ1v) is 9.32. The minimum atomic E-state index is -0.408. The summed E-state index contributed by atoms with van der Waals surface area (Å²) in [6, 6.07) is 4.91. The van der Waals surface area contributed by atoms with E-state index in [9.17, 15) is 9.59 Å². The SMILES string of the molecule is COc1ccc2cc1CCNC(=O)C1CCCN1C(=O)C1NCCC1O2. The van der Waals surface area contributed by atoms with Gasteiger partial charge in [-0.1, -0.05) is 0 Å². The molecule has 3 atom stereocenters. The van der Waals surface area contributed by atoms with Gasteiger partial charge in [0.15, 0.2) is 0 Å². The van der Waals surface area contributed by atoms with Gasteiger partial charge in [-0.2, -0.15) is 0 Å². The van der Waals surface area contributed by atoms with E-state index in [0.717, 1.165) is 36.4 Å². The summed E-state index contributed by atoms with van der Waals surface area (Å²) in [5.41, 5.74) is 0.988. The summed E-state index contributed by atoms with van der Waals surface area (Å²) < 4.78 is 11.6. The number of carbonyl (C=O) groups excluding carboxylic acids is 2. The third-order valence-electron chi connectivity index (χ3n) is 5.50. The molecule has 1 aromatic carbocycles. The first kappa shape index (κ1) is 17.1. The van der Waals surface area contributed by atoms with Crippen LogP contribution in [-0.2, 0) is 16.0 Å². The van der Waals surface area contributed by atoms with E-state index in [0.29, 0.717) is 25.9 Å². The first-order chi connectivity index (χ1) is 12.7. The molecule has 0 aliphatic carbocycles. The van der Waals surface area contributed by atoms with E-state index < -0.39 is 6.04 Å². The van der Waals surface area contributed by atoms with E-state index in [1.165, 1.54) is 0 Å². The normalized spacial score (nSPS) is 28.8. The van der Waals surface area contributed by atoms with Crippen LogP contribution < -0.4 is 20.1 Å². The molecule has 3 aliphatic heterocycles. The molecule has 26 heavy (non-hydrogen) atoms. The number of hydrogen-bond donors (Lipinski definition) is 2. The molecule has 2 bridgehead atoms. The van der Waals surface area contributed by atoms with Gasteiger partial charge < -0.3 is 25.0 Å². The number of fused-ring (bicyclic) bond motifs is 4. The van der Waals surface area contributed by atoms with Crippen molar-refractivity contribution in [2.75, 3.05) is 26.7 Å². The number of methoxy groups -OCH3 is 1. The molecule has 2 saturated heterocycles. The van der Waals surface area contributed by atoms with Gasteiger partial charge in [0, 0.05) is 13.1 Å². The molecule has 2 amide bonds. The van der Waals surface area contributed by atoms with Gasteiger partial charge in [-0.15, -0.1) is 0 Å². The second-order valence-corrected chi connectivity index (χ2v) is 7.08. The van der Waals surface area contributed by atoms with Crippen molar-refractivity contribution in [2.45, 2.75) is 43.9 Å². The van der Waals surface area contributed by atoms with Gasteiger partial charge in [-0.05, 0) is 56.0 Å². The molecule has 2 N–H and O–H groups in total. The third kappa shape index (κ3) is 3.11. The fraction of sp³-hybridized carbons (Fsp3) is 0.579. The minimum absolute atomic E-state index is 0.0295. The zero-order valence-corrected chi connectivity index (χ0v) is 15.0. The van der Waals surface area contributed by atoms with Gasteiger partial charge in [-0.3, -0.25) is 9.59 Å². The van der Waals surface area contributed by atoms with Crippen LogP contribution in [0, 0.1) is 0 Å². The van der Waals surface area contributed by atoms with Gasteiger partial charge in [0.05, 0.1) is 7.11 Å². The van der Waals surface area contributed by atoms with Crippen molar-refractivity contribution in [2.24, 2.45) is 0 Å². The van der Waals surface area contributed by atoms with Crippen LogP contribution in [0.4, 0.5) is 0 Å². The van der Waals surface area contributed by atoms with Gasteiger partial charge in [-0.25, -0.2) is 0 Å². The lowest BCUT2D eigenvalue weighted by Gasteiger charge is -2.29. The number of amides is 2. The molecule has 0 saturated carbocycles. The average molecular weight is 359 g/mol. The van der Waals surface area contributed by atoms with E-state index in [-0.39, 0.29) is 24.0 Å². The van der Waals surface area contributed by atoms with Crippen LogP contribution in [0.15, 0.2) is 18.2 Å². The average Bonchev–Trinajstić information content (AvgIpc) is 3.30. The molecule has 0 spiro atoms. The summed E-state index contributed by atoms with van der Waals surface area (Å²) in [6.45, 7) is 1.86. The van der Waals surface area contributed by atoms with Gasteiger partial charge in [0.1, 0.15) is 29.7 Å². The van der Waals surface area contributed by atoms with Crippen LogP contribution in [0.2, 0.25) is 0 Å². The highest BCUT2D eigenvalue weighted by Crippen LogP contribution is 2.28. The largest absolute Gasteiger partial charge is 0.496 e. The van der Waals surface area contributed by atoms with E-state index in [4.69, 9.17) is 9.47 Å². The Morgan fingerprint density at radius 1 is 1.23 bits per heavy atom. The van der Waals surface area contributed by atoms with Crippen LogP contribution in [0.5, 0.6) is 11.5 Å². The van der Waals surface area contributed by atoms with E-state index >= 15 is 0 Å². The lowest BCUT2D eigenvalue weighted by Crippen LogP contribution is -2.54. The molecule has 7 nitrogen and oxygen atoms in total. The van der Waals surface area contributed by atoms with Crippen molar-refractivity contribution in [3.05, 3.63) is 23.8 Å². The quantitative estimate of drug-likeness (QED) is 0.762. The Morgan fingerprint density at radius 3 is 2.96 bits per heavy atom. The molecule has 3 heterocycles.